The molecule has 3 aromatic carbocycles. The van der Waals surface area contributed by atoms with Crippen LogP contribution in [0.5, 0.6) is 0 Å². The minimum atomic E-state index is -0.575. The molecule has 1 aromatic heterocycles. The molecular weight excluding hydrogens is 503 g/mol. The van der Waals surface area contributed by atoms with E-state index in [1.807, 2.05) is 36.4 Å². The number of amides is 3. The van der Waals surface area contributed by atoms with E-state index in [1.165, 1.54) is 28.9 Å². The highest BCUT2D eigenvalue weighted by Crippen LogP contribution is 2.23. The highest BCUT2D eigenvalue weighted by molar-refractivity contribution is 5.94. The first-order valence-corrected chi connectivity index (χ1v) is 12.1. The quantitative estimate of drug-likeness (QED) is 0.184. The number of rotatable bonds is 10. The minimum Gasteiger partial charge on any atom is -0.355 e. The molecule has 0 fully saturated rings. The molecule has 4 rings (SSSR count). The largest absolute Gasteiger partial charge is 0.355 e. The number of aromatic nitrogens is 3. The molecule has 0 radical (unpaired) electrons. The Bertz CT molecular complexity index is 1440. The molecule has 0 saturated carbocycles. The summed E-state index contributed by atoms with van der Waals surface area (Å²) in [6.07, 6.45) is 2.00. The van der Waals surface area contributed by atoms with E-state index < -0.39 is 17.8 Å². The molecule has 1 unspecified atom stereocenters. The lowest BCUT2D eigenvalue weighted by Crippen LogP contribution is -2.25. The molecule has 11 heteroatoms. The maximum Gasteiger partial charge on any atom is 0.251 e. The van der Waals surface area contributed by atoms with Crippen LogP contribution in [0.2, 0.25) is 0 Å². The fourth-order valence-corrected chi connectivity index (χ4v) is 4.03. The third-order valence-electron chi connectivity index (χ3n) is 6.15. The second-order valence-electron chi connectivity index (χ2n) is 8.83. The molecule has 10 nitrogen and oxygen atoms in total. The molecule has 0 saturated heterocycles. The smallest absolute Gasteiger partial charge is 0.251 e. The average Bonchev–Trinajstić information content (AvgIpc) is 3.45. The van der Waals surface area contributed by atoms with Crippen molar-refractivity contribution in [3.63, 3.8) is 0 Å². The number of benzene rings is 3. The predicted molar refractivity (Wildman–Crippen MR) is 140 cm³/mol. The molecule has 1 heterocycles. The van der Waals surface area contributed by atoms with Gasteiger partial charge in [-0.3, -0.25) is 19.6 Å². The maximum atomic E-state index is 13.1. The average molecular weight is 531 g/mol. The highest BCUT2D eigenvalue weighted by atomic mass is 19.1. The van der Waals surface area contributed by atoms with Gasteiger partial charge in [-0.15, -0.1) is 5.10 Å². The summed E-state index contributed by atoms with van der Waals surface area (Å²) in [5, 5.41) is 22.6. The number of hydrogen-bond acceptors (Lipinski definition) is 6. The molecule has 4 aromatic rings. The zero-order valence-electron chi connectivity index (χ0n) is 21.1. The van der Waals surface area contributed by atoms with Crippen molar-refractivity contribution in [1.29, 1.82) is 0 Å². The zero-order chi connectivity index (χ0) is 27.8. The van der Waals surface area contributed by atoms with Gasteiger partial charge in [-0.2, -0.15) is 0 Å². The number of carbonyl (C=O) groups is 3. The standard InChI is InChI=1S/C28H27FN6O4/c1-30-27(37)21-8-6-20(7-9-21)19-4-2-18(3-5-19)14-25(15-26(36)33-39)35-17-24(32-34-35)16-31-28(38)22-10-12-23(29)13-11-22/h2-13,17,25,39H,14-16H2,1H3,(H,30,37)(H,31,38)(H,33,36). The van der Waals surface area contributed by atoms with Gasteiger partial charge in [0.25, 0.3) is 11.8 Å². The van der Waals surface area contributed by atoms with Crippen LogP contribution in [0.25, 0.3) is 11.1 Å². The SMILES string of the molecule is CNC(=O)c1ccc(-c2ccc(CC(CC(=O)NO)n3cc(CNC(=O)c4ccc(F)cc4)nn3)cc2)cc1. The van der Waals surface area contributed by atoms with E-state index in [-0.39, 0.29) is 24.8 Å². The lowest BCUT2D eigenvalue weighted by atomic mass is 9.98. The van der Waals surface area contributed by atoms with Gasteiger partial charge >= 0.3 is 0 Å². The Morgan fingerprint density at radius 1 is 0.897 bits per heavy atom. The Hall–Kier alpha value is -4.90. The van der Waals surface area contributed by atoms with Crippen LogP contribution in [-0.4, -0.2) is 45.0 Å². The second-order valence-corrected chi connectivity index (χ2v) is 8.83. The minimum absolute atomic E-state index is 0.0516. The molecule has 0 aliphatic carbocycles. The van der Waals surface area contributed by atoms with E-state index in [0.29, 0.717) is 23.2 Å². The number of hydroxylamine groups is 1. The molecule has 0 spiro atoms. The van der Waals surface area contributed by atoms with Gasteiger partial charge in [-0.1, -0.05) is 41.6 Å². The Kier molecular flexibility index (Phi) is 8.75. The molecule has 0 aliphatic heterocycles. The summed E-state index contributed by atoms with van der Waals surface area (Å²) < 4.78 is 14.6. The molecule has 1 atom stereocenters. The summed E-state index contributed by atoms with van der Waals surface area (Å²) in [6.45, 7) is 0.0858. The first kappa shape index (κ1) is 27.1. The van der Waals surface area contributed by atoms with Gasteiger partial charge in [0.2, 0.25) is 5.91 Å². The summed E-state index contributed by atoms with van der Waals surface area (Å²) in [5.41, 5.74) is 5.86. The van der Waals surface area contributed by atoms with Crippen LogP contribution in [0.3, 0.4) is 0 Å². The van der Waals surface area contributed by atoms with Gasteiger partial charge in [0, 0.05) is 18.2 Å². The Morgan fingerprint density at radius 3 is 2.10 bits per heavy atom. The third-order valence-corrected chi connectivity index (χ3v) is 6.15. The number of halogens is 1. The fourth-order valence-electron chi connectivity index (χ4n) is 4.03. The Morgan fingerprint density at radius 2 is 1.49 bits per heavy atom. The fraction of sp³-hybridized carbons (Fsp3) is 0.179. The molecule has 4 N–H and O–H groups in total. The van der Waals surface area contributed by atoms with Gasteiger partial charge in [0.05, 0.1) is 25.2 Å². The third kappa shape index (κ3) is 7.11. The number of hydrogen-bond donors (Lipinski definition) is 4. The van der Waals surface area contributed by atoms with Crippen LogP contribution in [0.1, 0.15) is 44.4 Å². The van der Waals surface area contributed by atoms with Gasteiger partial charge in [0.15, 0.2) is 0 Å². The van der Waals surface area contributed by atoms with Crippen molar-refractivity contribution in [3.8, 4) is 11.1 Å². The molecule has 0 aliphatic rings. The highest BCUT2D eigenvalue weighted by Gasteiger charge is 2.19. The van der Waals surface area contributed by atoms with Crippen molar-refractivity contribution >= 4 is 17.7 Å². The predicted octanol–water partition coefficient (Wildman–Crippen LogP) is 3.05. The second kappa shape index (κ2) is 12.6. The van der Waals surface area contributed by atoms with Gasteiger partial charge in [0.1, 0.15) is 11.5 Å². The van der Waals surface area contributed by atoms with Crippen LogP contribution in [0.4, 0.5) is 4.39 Å². The van der Waals surface area contributed by atoms with Crippen molar-refractivity contribution in [2.75, 3.05) is 7.05 Å². The molecule has 3 amide bonds. The van der Waals surface area contributed by atoms with Gasteiger partial charge < -0.3 is 10.6 Å². The van der Waals surface area contributed by atoms with E-state index in [4.69, 9.17) is 5.21 Å². The molecular formula is C28H27FN6O4. The van der Waals surface area contributed by atoms with E-state index in [1.54, 1.807) is 30.9 Å². The summed E-state index contributed by atoms with van der Waals surface area (Å²) >= 11 is 0. The monoisotopic (exact) mass is 530 g/mol. The molecule has 200 valence electrons. The van der Waals surface area contributed by atoms with Crippen LogP contribution in [0.15, 0.2) is 79.0 Å². The topological polar surface area (TPSA) is 138 Å². The summed E-state index contributed by atoms with van der Waals surface area (Å²) in [7, 11) is 1.58. The summed E-state index contributed by atoms with van der Waals surface area (Å²) in [4.78, 5) is 36.1. The molecule has 0 bridgehead atoms. The first-order chi connectivity index (χ1) is 18.9. The number of nitrogens with zero attached hydrogens (tertiary/aromatic N) is 3. The van der Waals surface area contributed by atoms with Crippen molar-refractivity contribution in [3.05, 3.63) is 107 Å². The van der Waals surface area contributed by atoms with Crippen molar-refractivity contribution < 1.29 is 24.0 Å². The van der Waals surface area contributed by atoms with Crippen molar-refractivity contribution in [2.24, 2.45) is 0 Å². The van der Waals surface area contributed by atoms with Crippen LogP contribution in [0, 0.1) is 5.82 Å². The summed E-state index contributed by atoms with van der Waals surface area (Å²) in [6, 6.07) is 19.8. The Labute approximate surface area is 223 Å². The lowest BCUT2D eigenvalue weighted by Gasteiger charge is -2.16. The van der Waals surface area contributed by atoms with E-state index in [9.17, 15) is 18.8 Å². The van der Waals surface area contributed by atoms with Gasteiger partial charge in [-0.05, 0) is 59.5 Å². The Balaban J connectivity index is 1.43. The van der Waals surface area contributed by atoms with Crippen molar-refractivity contribution in [1.82, 2.24) is 31.1 Å². The van der Waals surface area contributed by atoms with Crippen LogP contribution < -0.4 is 16.1 Å². The lowest BCUT2D eigenvalue weighted by molar-refractivity contribution is -0.130. The van der Waals surface area contributed by atoms with E-state index >= 15 is 0 Å². The van der Waals surface area contributed by atoms with E-state index in [2.05, 4.69) is 20.9 Å². The van der Waals surface area contributed by atoms with Gasteiger partial charge in [-0.25, -0.2) is 14.6 Å². The number of carbonyl (C=O) groups excluding carboxylic acids is 3. The van der Waals surface area contributed by atoms with Crippen LogP contribution >= 0.6 is 0 Å². The van der Waals surface area contributed by atoms with E-state index in [0.717, 1.165) is 16.7 Å². The zero-order valence-corrected chi connectivity index (χ0v) is 21.1. The summed E-state index contributed by atoms with van der Waals surface area (Å²) in [5.74, 6) is -1.54. The molecule has 39 heavy (non-hydrogen) atoms. The number of nitrogens with one attached hydrogen (secondary N) is 3. The first-order valence-electron chi connectivity index (χ1n) is 12.1. The van der Waals surface area contributed by atoms with Crippen molar-refractivity contribution in [2.45, 2.75) is 25.4 Å². The maximum absolute atomic E-state index is 13.1. The normalized spacial score (nSPS) is 11.5. The van der Waals surface area contributed by atoms with Crippen LogP contribution in [-0.2, 0) is 17.8 Å².